The summed E-state index contributed by atoms with van der Waals surface area (Å²) in [5, 5.41) is 6.73. The summed E-state index contributed by atoms with van der Waals surface area (Å²) in [4.78, 5) is 12.3. The fraction of sp³-hybridized carbons (Fsp3) is 0.933. The molecule has 2 saturated carbocycles. The average Bonchev–Trinajstić information content (AvgIpc) is 3.02. The van der Waals surface area contributed by atoms with Gasteiger partial charge in [0.05, 0.1) is 6.04 Å². The molecular formula is C15H26N2O. The second kappa shape index (κ2) is 5.20. The van der Waals surface area contributed by atoms with Gasteiger partial charge in [0.25, 0.3) is 0 Å². The molecule has 3 nitrogen and oxygen atoms in total. The molecule has 3 fully saturated rings. The second-order valence-corrected chi connectivity index (χ2v) is 6.69. The van der Waals surface area contributed by atoms with E-state index in [0.717, 1.165) is 13.0 Å². The Hall–Kier alpha value is -0.570. The van der Waals surface area contributed by atoms with E-state index in [1.165, 1.54) is 57.8 Å². The molecule has 0 radical (unpaired) electrons. The molecule has 1 spiro atoms. The van der Waals surface area contributed by atoms with Crippen LogP contribution in [-0.2, 0) is 4.79 Å². The first kappa shape index (κ1) is 12.5. The van der Waals surface area contributed by atoms with Crippen LogP contribution in [0.3, 0.4) is 0 Å². The van der Waals surface area contributed by atoms with Crippen LogP contribution < -0.4 is 10.6 Å². The van der Waals surface area contributed by atoms with E-state index in [4.69, 9.17) is 0 Å². The Kier molecular flexibility index (Phi) is 3.60. The largest absolute Gasteiger partial charge is 0.352 e. The molecule has 1 amide bonds. The predicted molar refractivity (Wildman–Crippen MR) is 72.3 cm³/mol. The van der Waals surface area contributed by atoms with Gasteiger partial charge in [0.15, 0.2) is 0 Å². The molecule has 3 rings (SSSR count). The maximum absolute atomic E-state index is 12.3. The summed E-state index contributed by atoms with van der Waals surface area (Å²) in [5.41, 5.74) is 0.467. The predicted octanol–water partition coefficient (Wildman–Crippen LogP) is 2.36. The highest BCUT2D eigenvalue weighted by Crippen LogP contribution is 2.44. The third kappa shape index (κ3) is 2.56. The molecule has 0 unspecified atom stereocenters. The lowest BCUT2D eigenvalue weighted by Crippen LogP contribution is -2.45. The van der Waals surface area contributed by atoms with E-state index in [0.29, 0.717) is 11.5 Å². The lowest BCUT2D eigenvalue weighted by atomic mass is 9.83. The summed E-state index contributed by atoms with van der Waals surface area (Å²) in [6.45, 7) is 1.07. The standard InChI is InChI=1S/C15H26N2O/c18-14(17-12-6-2-1-3-7-12)13-10-15(11-16-13)8-4-5-9-15/h12-13,16H,1-11H2,(H,17,18)/t13-/m1/s1. The van der Waals surface area contributed by atoms with E-state index in [1.54, 1.807) is 0 Å². The van der Waals surface area contributed by atoms with Gasteiger partial charge in [0.2, 0.25) is 5.91 Å². The van der Waals surface area contributed by atoms with Crippen molar-refractivity contribution in [3.05, 3.63) is 0 Å². The molecule has 3 aliphatic rings. The minimum absolute atomic E-state index is 0.0880. The minimum atomic E-state index is 0.0880. The van der Waals surface area contributed by atoms with Gasteiger partial charge in [0.1, 0.15) is 0 Å². The van der Waals surface area contributed by atoms with Crippen molar-refractivity contribution in [2.24, 2.45) is 5.41 Å². The molecule has 18 heavy (non-hydrogen) atoms. The molecule has 0 aromatic heterocycles. The molecule has 2 N–H and O–H groups in total. The lowest BCUT2D eigenvalue weighted by Gasteiger charge is -2.25. The summed E-state index contributed by atoms with van der Waals surface area (Å²) < 4.78 is 0. The van der Waals surface area contributed by atoms with Gasteiger partial charge in [-0.1, -0.05) is 32.1 Å². The SMILES string of the molecule is O=C(NC1CCCCC1)[C@H]1CC2(CCCC2)CN1. The van der Waals surface area contributed by atoms with Crippen molar-refractivity contribution in [1.29, 1.82) is 0 Å². The summed E-state index contributed by atoms with van der Waals surface area (Å²) in [7, 11) is 0. The summed E-state index contributed by atoms with van der Waals surface area (Å²) in [6, 6.07) is 0.540. The lowest BCUT2D eigenvalue weighted by molar-refractivity contribution is -0.123. The molecule has 0 aromatic carbocycles. The van der Waals surface area contributed by atoms with Gasteiger partial charge < -0.3 is 10.6 Å². The van der Waals surface area contributed by atoms with E-state index in [-0.39, 0.29) is 11.9 Å². The van der Waals surface area contributed by atoms with E-state index in [2.05, 4.69) is 10.6 Å². The zero-order valence-electron chi connectivity index (χ0n) is 11.3. The molecule has 1 aliphatic heterocycles. The molecule has 1 atom stereocenters. The van der Waals surface area contributed by atoms with Crippen molar-refractivity contribution < 1.29 is 4.79 Å². The number of hydrogen-bond acceptors (Lipinski definition) is 2. The fourth-order valence-electron chi connectivity index (χ4n) is 4.16. The van der Waals surface area contributed by atoms with E-state index >= 15 is 0 Å². The zero-order valence-corrected chi connectivity index (χ0v) is 11.3. The number of carbonyl (C=O) groups excluding carboxylic acids is 1. The Balaban J connectivity index is 1.50. The molecule has 102 valence electrons. The maximum atomic E-state index is 12.3. The van der Waals surface area contributed by atoms with Crippen LogP contribution in [0.1, 0.15) is 64.2 Å². The van der Waals surface area contributed by atoms with Crippen LogP contribution in [0.2, 0.25) is 0 Å². The fourth-order valence-corrected chi connectivity index (χ4v) is 4.16. The molecule has 3 heteroatoms. The van der Waals surface area contributed by atoms with Crippen molar-refractivity contribution in [3.8, 4) is 0 Å². The van der Waals surface area contributed by atoms with E-state index < -0.39 is 0 Å². The maximum Gasteiger partial charge on any atom is 0.237 e. The molecular weight excluding hydrogens is 224 g/mol. The van der Waals surface area contributed by atoms with Gasteiger partial charge >= 0.3 is 0 Å². The summed E-state index contributed by atoms with van der Waals surface area (Å²) in [6.07, 6.45) is 12.7. The second-order valence-electron chi connectivity index (χ2n) is 6.69. The molecule has 0 aromatic rings. The van der Waals surface area contributed by atoms with Gasteiger partial charge in [0, 0.05) is 12.6 Å². The van der Waals surface area contributed by atoms with Crippen LogP contribution in [0.4, 0.5) is 0 Å². The van der Waals surface area contributed by atoms with Crippen molar-refractivity contribution in [1.82, 2.24) is 10.6 Å². The van der Waals surface area contributed by atoms with Crippen LogP contribution in [0, 0.1) is 5.41 Å². The first-order valence-corrected chi connectivity index (χ1v) is 7.81. The first-order valence-electron chi connectivity index (χ1n) is 7.81. The molecule has 2 aliphatic carbocycles. The quantitative estimate of drug-likeness (QED) is 0.790. The third-order valence-corrected chi connectivity index (χ3v) is 5.29. The van der Waals surface area contributed by atoms with Crippen molar-refractivity contribution in [2.45, 2.75) is 76.3 Å². The first-order chi connectivity index (χ1) is 8.77. The normalized spacial score (nSPS) is 31.9. The smallest absolute Gasteiger partial charge is 0.237 e. The minimum Gasteiger partial charge on any atom is -0.352 e. The Morgan fingerprint density at radius 1 is 1.06 bits per heavy atom. The number of carbonyl (C=O) groups is 1. The van der Waals surface area contributed by atoms with Crippen molar-refractivity contribution >= 4 is 5.91 Å². The third-order valence-electron chi connectivity index (χ3n) is 5.29. The highest BCUT2D eigenvalue weighted by Gasteiger charge is 2.43. The number of amides is 1. The summed E-state index contributed by atoms with van der Waals surface area (Å²) in [5.74, 6) is 0.269. The summed E-state index contributed by atoms with van der Waals surface area (Å²) >= 11 is 0. The molecule has 1 heterocycles. The monoisotopic (exact) mass is 250 g/mol. The molecule has 0 bridgehead atoms. The topological polar surface area (TPSA) is 41.1 Å². The molecule has 1 saturated heterocycles. The van der Waals surface area contributed by atoms with E-state index in [9.17, 15) is 4.79 Å². The van der Waals surface area contributed by atoms with Crippen LogP contribution >= 0.6 is 0 Å². The Morgan fingerprint density at radius 3 is 2.50 bits per heavy atom. The van der Waals surface area contributed by atoms with Gasteiger partial charge in [-0.2, -0.15) is 0 Å². The van der Waals surface area contributed by atoms with E-state index in [1.807, 2.05) is 0 Å². The van der Waals surface area contributed by atoms with Crippen LogP contribution in [-0.4, -0.2) is 24.5 Å². The number of nitrogens with one attached hydrogen (secondary N) is 2. The highest BCUT2D eigenvalue weighted by molar-refractivity contribution is 5.82. The number of rotatable bonds is 2. The van der Waals surface area contributed by atoms with Crippen LogP contribution in [0.5, 0.6) is 0 Å². The number of hydrogen-bond donors (Lipinski definition) is 2. The Labute approximate surface area is 110 Å². The van der Waals surface area contributed by atoms with Crippen molar-refractivity contribution in [2.75, 3.05) is 6.54 Å². The van der Waals surface area contributed by atoms with Gasteiger partial charge in [-0.15, -0.1) is 0 Å². The highest BCUT2D eigenvalue weighted by atomic mass is 16.2. The van der Waals surface area contributed by atoms with Gasteiger partial charge in [-0.25, -0.2) is 0 Å². The van der Waals surface area contributed by atoms with Crippen LogP contribution in [0.25, 0.3) is 0 Å². The van der Waals surface area contributed by atoms with Crippen LogP contribution in [0.15, 0.2) is 0 Å². The van der Waals surface area contributed by atoms with Gasteiger partial charge in [-0.3, -0.25) is 4.79 Å². The van der Waals surface area contributed by atoms with Gasteiger partial charge in [-0.05, 0) is 37.5 Å². The zero-order chi connectivity index (χ0) is 12.4. The van der Waals surface area contributed by atoms with Crippen molar-refractivity contribution in [3.63, 3.8) is 0 Å². The Morgan fingerprint density at radius 2 is 1.78 bits per heavy atom. The Bertz CT molecular complexity index is 304. The average molecular weight is 250 g/mol.